The molecule has 2 N–H and O–H groups in total. The Bertz CT molecular complexity index is 1370. The number of carboxylic acids is 2. The lowest BCUT2D eigenvalue weighted by atomic mass is 9.97. The quantitative estimate of drug-likeness (QED) is 0.374. The fourth-order valence-corrected chi connectivity index (χ4v) is 4.40. The molecule has 0 radical (unpaired) electrons. The van der Waals surface area contributed by atoms with E-state index in [2.05, 4.69) is 9.97 Å². The molecule has 0 aliphatic heterocycles. The van der Waals surface area contributed by atoms with E-state index in [-0.39, 0.29) is 5.76 Å². The average molecular weight is 446 g/mol. The number of furan rings is 1. The van der Waals surface area contributed by atoms with Crippen molar-refractivity contribution in [3.63, 3.8) is 0 Å². The molecule has 4 aromatic heterocycles. The maximum absolute atomic E-state index is 11.3. The maximum Gasteiger partial charge on any atom is 0.371 e. The molecule has 8 heteroatoms. The zero-order chi connectivity index (χ0) is 22.8. The minimum absolute atomic E-state index is 0.152. The van der Waals surface area contributed by atoms with Crippen molar-refractivity contribution in [1.29, 1.82) is 0 Å². The van der Waals surface area contributed by atoms with Gasteiger partial charge < -0.3 is 14.6 Å². The summed E-state index contributed by atoms with van der Waals surface area (Å²) in [4.78, 5) is 32.7. The number of carboxylic acid groups (broad SMARTS) is 2. The fraction of sp³-hybridized carbons (Fsp3) is 0.0833. The van der Waals surface area contributed by atoms with Crippen LogP contribution in [0, 0.1) is 13.8 Å². The van der Waals surface area contributed by atoms with Crippen LogP contribution in [0.4, 0.5) is 0 Å². The Balaban J connectivity index is 1.94. The van der Waals surface area contributed by atoms with E-state index in [0.717, 1.165) is 43.9 Å². The summed E-state index contributed by atoms with van der Waals surface area (Å²) in [5, 5.41) is 18.3. The molecule has 0 spiro atoms. The number of pyridine rings is 2. The largest absolute Gasteiger partial charge is 0.478 e. The summed E-state index contributed by atoms with van der Waals surface area (Å²) in [5.74, 6) is -1.92. The summed E-state index contributed by atoms with van der Waals surface area (Å²) >= 11 is 1.45. The first-order valence-corrected chi connectivity index (χ1v) is 10.4. The Kier molecular flexibility index (Phi) is 5.70. The lowest BCUT2D eigenvalue weighted by Gasteiger charge is -2.10. The van der Waals surface area contributed by atoms with E-state index in [0.29, 0.717) is 11.3 Å². The Labute approximate surface area is 187 Å². The van der Waals surface area contributed by atoms with E-state index in [9.17, 15) is 14.7 Å². The van der Waals surface area contributed by atoms with Gasteiger partial charge in [-0.25, -0.2) is 9.59 Å². The van der Waals surface area contributed by atoms with Crippen LogP contribution < -0.4 is 0 Å². The first kappa shape index (κ1) is 21.2. The van der Waals surface area contributed by atoms with Crippen molar-refractivity contribution in [2.24, 2.45) is 0 Å². The molecule has 4 aromatic rings. The van der Waals surface area contributed by atoms with Crippen LogP contribution in [0.15, 0.2) is 59.3 Å². The molecule has 0 bridgehead atoms. The number of carbonyl (C=O) groups is 2. The highest BCUT2D eigenvalue weighted by Gasteiger charge is 2.20. The second kappa shape index (κ2) is 8.60. The maximum atomic E-state index is 11.3. The molecule has 4 heterocycles. The molecule has 0 saturated heterocycles. The zero-order valence-corrected chi connectivity index (χ0v) is 18.0. The van der Waals surface area contributed by atoms with E-state index in [4.69, 9.17) is 9.52 Å². The lowest BCUT2D eigenvalue weighted by Crippen LogP contribution is -1.92. The molecule has 0 fully saturated rings. The van der Waals surface area contributed by atoms with Crippen LogP contribution in [0.25, 0.3) is 39.0 Å². The summed E-state index contributed by atoms with van der Waals surface area (Å²) in [6.45, 7) is 3.74. The highest BCUT2D eigenvalue weighted by atomic mass is 32.1. The minimum atomic E-state index is -1.15. The smallest absolute Gasteiger partial charge is 0.371 e. The molecular weight excluding hydrogens is 428 g/mol. The molecule has 0 amide bonds. The number of hydrogen-bond acceptors (Lipinski definition) is 6. The van der Waals surface area contributed by atoms with Gasteiger partial charge in [0.2, 0.25) is 5.76 Å². The number of rotatable bonds is 6. The average Bonchev–Trinajstić information content (AvgIpc) is 3.40. The Morgan fingerprint density at radius 3 is 2.44 bits per heavy atom. The fourth-order valence-electron chi connectivity index (χ4n) is 3.32. The standard InChI is InChI=1S/C24H18N2O5S/c1-13-9-15(7-8-25-13)23-18(11-16(32-23)3-6-22(27)28)19-12-26-14(2)10-17(19)20-4-5-21(31-20)24(29)30/h3-12H,1-2H3,(H,27,28)(H,29,30)/b6-3+. The monoisotopic (exact) mass is 446 g/mol. The summed E-state index contributed by atoms with van der Waals surface area (Å²) in [5.41, 5.74) is 4.82. The summed E-state index contributed by atoms with van der Waals surface area (Å²) in [6.07, 6.45) is 6.08. The number of hydrogen-bond donors (Lipinski definition) is 2. The number of nitrogens with zero attached hydrogens (tertiary/aromatic N) is 2. The van der Waals surface area contributed by atoms with Crippen molar-refractivity contribution >= 4 is 29.4 Å². The summed E-state index contributed by atoms with van der Waals surface area (Å²) in [7, 11) is 0. The van der Waals surface area contributed by atoms with Gasteiger partial charge in [-0.3, -0.25) is 9.97 Å². The molecule has 32 heavy (non-hydrogen) atoms. The minimum Gasteiger partial charge on any atom is -0.478 e. The molecule has 7 nitrogen and oxygen atoms in total. The van der Waals surface area contributed by atoms with Crippen LogP contribution in [-0.4, -0.2) is 32.1 Å². The second-order valence-electron chi connectivity index (χ2n) is 7.09. The molecule has 0 atom stereocenters. The van der Waals surface area contributed by atoms with Crippen molar-refractivity contribution in [3.8, 4) is 32.9 Å². The van der Waals surface area contributed by atoms with Crippen LogP contribution in [0.3, 0.4) is 0 Å². The summed E-state index contributed by atoms with van der Waals surface area (Å²) < 4.78 is 5.57. The van der Waals surface area contributed by atoms with Crippen molar-refractivity contribution in [1.82, 2.24) is 9.97 Å². The number of aromatic nitrogens is 2. The predicted molar refractivity (Wildman–Crippen MR) is 122 cm³/mol. The highest BCUT2D eigenvalue weighted by Crippen LogP contribution is 2.43. The van der Waals surface area contributed by atoms with Crippen molar-refractivity contribution in [2.75, 3.05) is 0 Å². The number of thiophene rings is 1. The van der Waals surface area contributed by atoms with Gasteiger partial charge in [0.1, 0.15) is 5.76 Å². The zero-order valence-electron chi connectivity index (χ0n) is 17.2. The molecular formula is C24H18N2O5S. The van der Waals surface area contributed by atoms with Crippen LogP contribution in [-0.2, 0) is 4.79 Å². The molecule has 0 saturated carbocycles. The topological polar surface area (TPSA) is 114 Å². The van der Waals surface area contributed by atoms with Crippen LogP contribution in [0.5, 0.6) is 0 Å². The molecule has 0 unspecified atom stereocenters. The molecule has 4 rings (SSSR count). The van der Waals surface area contributed by atoms with Crippen molar-refractivity contribution in [2.45, 2.75) is 13.8 Å². The van der Waals surface area contributed by atoms with Gasteiger partial charge in [-0.05, 0) is 61.9 Å². The third-order valence-corrected chi connectivity index (χ3v) is 5.86. The van der Waals surface area contributed by atoms with Gasteiger partial charge in [0.05, 0.1) is 0 Å². The van der Waals surface area contributed by atoms with Crippen molar-refractivity contribution in [3.05, 3.63) is 76.9 Å². The highest BCUT2D eigenvalue weighted by molar-refractivity contribution is 7.17. The first-order valence-electron chi connectivity index (χ1n) is 9.60. The van der Waals surface area contributed by atoms with Crippen molar-refractivity contribution < 1.29 is 24.2 Å². The van der Waals surface area contributed by atoms with E-state index < -0.39 is 11.9 Å². The number of aliphatic carboxylic acids is 1. The Morgan fingerprint density at radius 1 is 0.969 bits per heavy atom. The van der Waals surface area contributed by atoms with E-state index in [1.807, 2.05) is 38.1 Å². The number of aryl methyl sites for hydroxylation is 2. The molecule has 160 valence electrons. The Morgan fingerprint density at radius 2 is 1.75 bits per heavy atom. The molecule has 0 aliphatic carbocycles. The number of aromatic carboxylic acids is 1. The molecule has 0 aliphatic rings. The van der Waals surface area contributed by atoms with Gasteiger partial charge in [-0.1, -0.05) is 0 Å². The van der Waals surface area contributed by atoms with E-state index in [1.54, 1.807) is 24.5 Å². The van der Waals surface area contributed by atoms with Gasteiger partial charge in [-0.2, -0.15) is 0 Å². The van der Waals surface area contributed by atoms with Gasteiger partial charge in [0, 0.05) is 56.3 Å². The Hall–Kier alpha value is -4.04. The van der Waals surface area contributed by atoms with E-state index in [1.165, 1.54) is 17.4 Å². The van der Waals surface area contributed by atoms with Gasteiger partial charge in [0.25, 0.3) is 0 Å². The van der Waals surface area contributed by atoms with Crippen LogP contribution >= 0.6 is 11.3 Å². The van der Waals surface area contributed by atoms with Crippen LogP contribution in [0.2, 0.25) is 0 Å². The molecule has 0 aromatic carbocycles. The van der Waals surface area contributed by atoms with Gasteiger partial charge >= 0.3 is 11.9 Å². The lowest BCUT2D eigenvalue weighted by molar-refractivity contribution is -0.131. The SMILES string of the molecule is Cc1cc(-c2sc(/C=C/C(=O)O)cc2-c2cnc(C)cc2-c2ccc(C(=O)O)o2)ccn1. The third-order valence-electron chi connectivity index (χ3n) is 4.71. The normalized spacial score (nSPS) is 11.2. The predicted octanol–water partition coefficient (Wildman–Crippen LogP) is 5.54. The van der Waals surface area contributed by atoms with Crippen LogP contribution in [0.1, 0.15) is 26.8 Å². The van der Waals surface area contributed by atoms with E-state index >= 15 is 0 Å². The first-order chi connectivity index (χ1) is 15.3. The van der Waals surface area contributed by atoms with Gasteiger partial charge in [-0.15, -0.1) is 11.3 Å². The van der Waals surface area contributed by atoms with Gasteiger partial charge in [0.15, 0.2) is 0 Å². The second-order valence-corrected chi connectivity index (χ2v) is 8.17. The third kappa shape index (κ3) is 4.35. The summed E-state index contributed by atoms with van der Waals surface area (Å²) in [6, 6.07) is 10.6.